The van der Waals surface area contributed by atoms with Gasteiger partial charge in [0.05, 0.1) is 18.2 Å². The summed E-state index contributed by atoms with van der Waals surface area (Å²) >= 11 is 0. The number of hydrogen-bond acceptors (Lipinski definition) is 2. The minimum atomic E-state index is -0.344. The van der Waals surface area contributed by atoms with Gasteiger partial charge < -0.3 is 0 Å². The Hall–Kier alpha value is -1.97. The molecule has 0 unspecified atom stereocenters. The van der Waals surface area contributed by atoms with E-state index in [4.69, 9.17) is 0 Å². The fourth-order valence-electron chi connectivity index (χ4n) is 2.37. The third-order valence-electron chi connectivity index (χ3n) is 3.82. The summed E-state index contributed by atoms with van der Waals surface area (Å²) in [6.45, 7) is 5.92. The zero-order valence-corrected chi connectivity index (χ0v) is 12.8. The molecule has 4 heteroatoms. The smallest absolute Gasteiger partial charge is 0.168 e. The molecule has 0 atom stereocenters. The highest BCUT2D eigenvalue weighted by molar-refractivity contribution is 5.97. The number of aromatic nitrogens is 2. The van der Waals surface area contributed by atoms with Crippen molar-refractivity contribution in [1.29, 1.82) is 0 Å². The van der Waals surface area contributed by atoms with Gasteiger partial charge in [-0.25, -0.2) is 4.39 Å². The zero-order chi connectivity index (χ0) is 15.4. The maximum atomic E-state index is 13.5. The van der Waals surface area contributed by atoms with Crippen LogP contribution in [-0.4, -0.2) is 15.6 Å². The second kappa shape index (κ2) is 6.66. The number of nitrogens with zero attached hydrogens (tertiary/aromatic N) is 2. The first-order valence-electron chi connectivity index (χ1n) is 7.38. The molecule has 3 nitrogen and oxygen atoms in total. The van der Waals surface area contributed by atoms with Gasteiger partial charge >= 0.3 is 0 Å². The van der Waals surface area contributed by atoms with Crippen molar-refractivity contribution in [3.8, 4) is 0 Å². The average molecular weight is 288 g/mol. The molecule has 1 aromatic heterocycles. The van der Waals surface area contributed by atoms with E-state index in [-0.39, 0.29) is 18.0 Å². The Morgan fingerprint density at radius 3 is 2.62 bits per heavy atom. The van der Waals surface area contributed by atoms with Crippen molar-refractivity contribution in [2.75, 3.05) is 0 Å². The number of ketones is 1. The maximum Gasteiger partial charge on any atom is 0.168 e. The lowest BCUT2D eigenvalue weighted by Crippen LogP contribution is -2.09. The molecule has 0 aliphatic rings. The second-order valence-electron chi connectivity index (χ2n) is 5.32. The van der Waals surface area contributed by atoms with Crippen LogP contribution in [0.15, 0.2) is 30.5 Å². The SMILES string of the molecule is CCC(CC)n1ccc(CC(=O)c2ccc(C)c(F)c2)n1. The lowest BCUT2D eigenvalue weighted by atomic mass is 10.0. The Morgan fingerprint density at radius 1 is 1.29 bits per heavy atom. The third kappa shape index (κ3) is 3.57. The van der Waals surface area contributed by atoms with E-state index < -0.39 is 0 Å². The van der Waals surface area contributed by atoms with Gasteiger partial charge in [-0.2, -0.15) is 5.10 Å². The summed E-state index contributed by atoms with van der Waals surface area (Å²) in [4.78, 5) is 12.2. The fourth-order valence-corrected chi connectivity index (χ4v) is 2.37. The van der Waals surface area contributed by atoms with E-state index in [2.05, 4.69) is 18.9 Å². The summed E-state index contributed by atoms with van der Waals surface area (Å²) in [7, 11) is 0. The molecule has 2 aromatic rings. The Bertz CT molecular complexity index is 629. The first-order valence-corrected chi connectivity index (χ1v) is 7.38. The predicted molar refractivity (Wildman–Crippen MR) is 81.0 cm³/mol. The molecule has 112 valence electrons. The number of halogens is 1. The van der Waals surface area contributed by atoms with Crippen LogP contribution >= 0.6 is 0 Å². The maximum absolute atomic E-state index is 13.5. The Labute approximate surface area is 124 Å². The number of benzene rings is 1. The average Bonchev–Trinajstić information content (AvgIpc) is 2.91. The third-order valence-corrected chi connectivity index (χ3v) is 3.82. The molecule has 0 aliphatic carbocycles. The molecule has 0 bridgehead atoms. The van der Waals surface area contributed by atoms with Crippen molar-refractivity contribution >= 4 is 5.78 Å². The fraction of sp³-hybridized carbons (Fsp3) is 0.412. The minimum Gasteiger partial charge on any atom is -0.294 e. The topological polar surface area (TPSA) is 34.9 Å². The van der Waals surface area contributed by atoms with E-state index in [0.29, 0.717) is 17.2 Å². The molecule has 0 saturated heterocycles. The van der Waals surface area contributed by atoms with Gasteiger partial charge in [0.25, 0.3) is 0 Å². The van der Waals surface area contributed by atoms with Gasteiger partial charge in [0, 0.05) is 11.8 Å². The summed E-state index contributed by atoms with van der Waals surface area (Å²) in [5, 5.41) is 4.46. The summed E-state index contributed by atoms with van der Waals surface area (Å²) in [6.07, 6.45) is 4.13. The molecule has 2 rings (SSSR count). The quantitative estimate of drug-likeness (QED) is 0.749. The van der Waals surface area contributed by atoms with Crippen molar-refractivity contribution in [2.45, 2.75) is 46.1 Å². The Morgan fingerprint density at radius 2 is 2.00 bits per heavy atom. The number of carbonyl (C=O) groups excluding carboxylic acids is 1. The van der Waals surface area contributed by atoms with E-state index in [1.807, 2.05) is 16.9 Å². The molecular weight excluding hydrogens is 267 g/mol. The summed E-state index contributed by atoms with van der Waals surface area (Å²) in [5.74, 6) is -0.452. The largest absolute Gasteiger partial charge is 0.294 e. The van der Waals surface area contributed by atoms with Crippen LogP contribution in [-0.2, 0) is 6.42 Å². The molecule has 0 N–H and O–H groups in total. The van der Waals surface area contributed by atoms with Crippen LogP contribution in [0.3, 0.4) is 0 Å². The van der Waals surface area contributed by atoms with Crippen LogP contribution in [0.4, 0.5) is 4.39 Å². The van der Waals surface area contributed by atoms with Crippen LogP contribution < -0.4 is 0 Å². The number of aryl methyl sites for hydroxylation is 1. The first-order chi connectivity index (χ1) is 10.0. The van der Waals surface area contributed by atoms with Crippen molar-refractivity contribution in [3.05, 3.63) is 53.1 Å². The van der Waals surface area contributed by atoms with E-state index in [1.54, 1.807) is 19.1 Å². The van der Waals surface area contributed by atoms with Crippen molar-refractivity contribution in [2.24, 2.45) is 0 Å². The lowest BCUT2D eigenvalue weighted by molar-refractivity contribution is 0.0991. The molecule has 0 radical (unpaired) electrons. The molecule has 0 spiro atoms. The summed E-state index contributed by atoms with van der Waals surface area (Å²) in [5.41, 5.74) is 1.67. The Balaban J connectivity index is 2.11. The molecule has 0 saturated carbocycles. The van der Waals surface area contributed by atoms with Crippen molar-refractivity contribution in [1.82, 2.24) is 9.78 Å². The molecule has 1 aromatic carbocycles. The Kier molecular flexibility index (Phi) is 4.89. The predicted octanol–water partition coefficient (Wildman–Crippen LogP) is 4.12. The molecule has 0 amide bonds. The van der Waals surface area contributed by atoms with Gasteiger partial charge in [0.2, 0.25) is 0 Å². The molecular formula is C17H21FN2O. The van der Waals surface area contributed by atoms with Gasteiger partial charge in [-0.05, 0) is 37.5 Å². The first kappa shape index (κ1) is 15.4. The monoisotopic (exact) mass is 288 g/mol. The van der Waals surface area contributed by atoms with Gasteiger partial charge in [-0.3, -0.25) is 9.48 Å². The van der Waals surface area contributed by atoms with Crippen molar-refractivity contribution in [3.63, 3.8) is 0 Å². The van der Waals surface area contributed by atoms with Crippen LogP contribution in [0.1, 0.15) is 54.3 Å². The van der Waals surface area contributed by atoms with Gasteiger partial charge in [-0.15, -0.1) is 0 Å². The standard InChI is InChI=1S/C17H21FN2O/c1-4-15(5-2)20-9-8-14(19-20)11-17(21)13-7-6-12(3)16(18)10-13/h6-10,15H,4-5,11H2,1-3H3. The van der Waals surface area contributed by atoms with Crippen LogP contribution in [0.2, 0.25) is 0 Å². The molecule has 21 heavy (non-hydrogen) atoms. The highest BCUT2D eigenvalue weighted by Crippen LogP contribution is 2.16. The van der Waals surface area contributed by atoms with E-state index in [1.165, 1.54) is 6.07 Å². The molecule has 0 aliphatic heterocycles. The minimum absolute atomic E-state index is 0.108. The zero-order valence-electron chi connectivity index (χ0n) is 12.8. The highest BCUT2D eigenvalue weighted by atomic mass is 19.1. The van der Waals surface area contributed by atoms with Gasteiger partial charge in [-0.1, -0.05) is 26.0 Å². The second-order valence-corrected chi connectivity index (χ2v) is 5.32. The van der Waals surface area contributed by atoms with E-state index in [9.17, 15) is 9.18 Å². The van der Waals surface area contributed by atoms with E-state index >= 15 is 0 Å². The summed E-state index contributed by atoms with van der Waals surface area (Å²) < 4.78 is 15.4. The molecule has 0 fully saturated rings. The normalized spacial score (nSPS) is 11.1. The van der Waals surface area contributed by atoms with Crippen LogP contribution in [0, 0.1) is 12.7 Å². The number of hydrogen-bond donors (Lipinski definition) is 0. The number of Topliss-reactive ketones (excluding diaryl/α,β-unsaturated/α-hetero) is 1. The summed E-state index contributed by atoms with van der Waals surface area (Å²) in [6, 6.07) is 6.83. The molecule has 1 heterocycles. The van der Waals surface area contributed by atoms with Crippen LogP contribution in [0.5, 0.6) is 0 Å². The van der Waals surface area contributed by atoms with Gasteiger partial charge in [0.1, 0.15) is 5.82 Å². The highest BCUT2D eigenvalue weighted by Gasteiger charge is 2.13. The van der Waals surface area contributed by atoms with Crippen LogP contribution in [0.25, 0.3) is 0 Å². The van der Waals surface area contributed by atoms with Gasteiger partial charge in [0.15, 0.2) is 5.78 Å². The lowest BCUT2D eigenvalue weighted by Gasteiger charge is -2.12. The van der Waals surface area contributed by atoms with E-state index in [0.717, 1.165) is 18.5 Å². The number of carbonyl (C=O) groups is 1. The van der Waals surface area contributed by atoms with Crippen molar-refractivity contribution < 1.29 is 9.18 Å². The number of rotatable bonds is 6.